The molecule has 0 rings (SSSR count). The van der Waals surface area contributed by atoms with E-state index < -0.39 is 18.1 Å². The summed E-state index contributed by atoms with van der Waals surface area (Å²) in [6.45, 7) is 8.85. The molecule has 0 N–H and O–H groups in total. The SMILES string of the molecule is CCC/C=[C]/[SiH2]O[Si](C)(C)C. The summed E-state index contributed by atoms with van der Waals surface area (Å²) >= 11 is 0. The number of hydrogen-bond acceptors (Lipinski definition) is 1. The topological polar surface area (TPSA) is 9.23 Å². The summed E-state index contributed by atoms with van der Waals surface area (Å²) in [6.07, 6.45) is 4.50. The van der Waals surface area contributed by atoms with Crippen LogP contribution in [0.4, 0.5) is 0 Å². The lowest BCUT2D eigenvalue weighted by atomic mass is 10.3. The zero-order chi connectivity index (χ0) is 8.74. The molecule has 0 atom stereocenters. The Balaban J connectivity index is 3.27. The molecule has 3 heteroatoms. The van der Waals surface area contributed by atoms with Crippen molar-refractivity contribution >= 4 is 18.1 Å². The van der Waals surface area contributed by atoms with E-state index in [2.05, 4.69) is 38.3 Å². The van der Waals surface area contributed by atoms with Gasteiger partial charge in [0.2, 0.25) is 0 Å². The third kappa shape index (κ3) is 10.1. The first-order chi connectivity index (χ1) is 5.06. The Kier molecular flexibility index (Phi) is 5.81. The minimum Gasteiger partial charge on any atom is -0.457 e. The van der Waals surface area contributed by atoms with E-state index in [0.717, 1.165) is 6.42 Å². The average Bonchev–Trinajstić information content (AvgIpc) is 1.85. The molecule has 11 heavy (non-hydrogen) atoms. The van der Waals surface area contributed by atoms with Gasteiger partial charge in [0.15, 0.2) is 18.1 Å². The lowest BCUT2D eigenvalue weighted by Crippen LogP contribution is -2.26. The Morgan fingerprint density at radius 3 is 2.55 bits per heavy atom. The summed E-state index contributed by atoms with van der Waals surface area (Å²) in [5.41, 5.74) is 3.27. The fraction of sp³-hybridized carbons (Fsp3) is 0.750. The van der Waals surface area contributed by atoms with Crippen molar-refractivity contribution in [3.8, 4) is 0 Å². The van der Waals surface area contributed by atoms with Crippen LogP contribution >= 0.6 is 0 Å². The minimum atomic E-state index is -1.24. The molecule has 65 valence electrons. The quantitative estimate of drug-likeness (QED) is 0.599. The van der Waals surface area contributed by atoms with Gasteiger partial charge < -0.3 is 4.12 Å². The van der Waals surface area contributed by atoms with Gasteiger partial charge in [0.25, 0.3) is 0 Å². The molecule has 0 bridgehead atoms. The highest BCUT2D eigenvalue weighted by Crippen LogP contribution is 2.00. The minimum absolute atomic E-state index is 0.457. The van der Waals surface area contributed by atoms with Crippen LogP contribution in [-0.4, -0.2) is 18.1 Å². The Morgan fingerprint density at radius 1 is 1.45 bits per heavy atom. The number of hydrogen-bond donors (Lipinski definition) is 0. The first-order valence-electron chi connectivity index (χ1n) is 4.25. The van der Waals surface area contributed by atoms with Crippen molar-refractivity contribution in [1.82, 2.24) is 0 Å². The van der Waals surface area contributed by atoms with Crippen molar-refractivity contribution in [1.29, 1.82) is 0 Å². The van der Waals surface area contributed by atoms with Crippen LogP contribution in [0.15, 0.2) is 6.08 Å². The number of unbranched alkanes of at least 4 members (excludes halogenated alkanes) is 1. The second-order valence-corrected chi connectivity index (χ2v) is 9.67. The van der Waals surface area contributed by atoms with Crippen LogP contribution < -0.4 is 0 Å². The molecule has 0 unspecified atom stereocenters. The smallest absolute Gasteiger partial charge is 0.178 e. The van der Waals surface area contributed by atoms with Crippen LogP contribution in [0.1, 0.15) is 19.8 Å². The van der Waals surface area contributed by atoms with E-state index in [0.29, 0.717) is 0 Å². The molecule has 1 nitrogen and oxygen atoms in total. The third-order valence-corrected chi connectivity index (χ3v) is 5.66. The van der Waals surface area contributed by atoms with Gasteiger partial charge >= 0.3 is 0 Å². The highest BCUT2D eigenvalue weighted by atomic mass is 28.4. The van der Waals surface area contributed by atoms with Gasteiger partial charge in [-0.25, -0.2) is 0 Å². The van der Waals surface area contributed by atoms with Gasteiger partial charge in [-0.05, 0) is 31.8 Å². The van der Waals surface area contributed by atoms with Gasteiger partial charge in [-0.3, -0.25) is 0 Å². The molecule has 0 aromatic carbocycles. The Hall–Kier alpha value is 0.134. The van der Waals surface area contributed by atoms with E-state index in [-0.39, 0.29) is 0 Å². The van der Waals surface area contributed by atoms with Gasteiger partial charge in [-0.2, -0.15) is 0 Å². The molecule has 0 heterocycles. The van der Waals surface area contributed by atoms with Crippen molar-refractivity contribution in [2.75, 3.05) is 0 Å². The average molecular weight is 187 g/mol. The van der Waals surface area contributed by atoms with Gasteiger partial charge in [0.1, 0.15) is 0 Å². The standard InChI is InChI=1S/C8H19OSi2/c1-5-6-7-8-10-9-11(2,3)4/h7H,5-6,10H2,1-4H3. The van der Waals surface area contributed by atoms with Crippen LogP contribution in [-0.2, 0) is 4.12 Å². The molecule has 0 aliphatic carbocycles. The normalized spacial score (nSPS) is 13.8. The maximum atomic E-state index is 5.71. The predicted molar refractivity (Wildman–Crippen MR) is 55.7 cm³/mol. The highest BCUT2D eigenvalue weighted by Gasteiger charge is 2.11. The zero-order valence-corrected chi connectivity index (χ0v) is 10.5. The lowest BCUT2D eigenvalue weighted by Gasteiger charge is -2.15. The molecule has 0 saturated carbocycles. The van der Waals surface area contributed by atoms with E-state index in [9.17, 15) is 0 Å². The lowest BCUT2D eigenvalue weighted by molar-refractivity contribution is 0.605. The number of rotatable bonds is 5. The molecule has 0 amide bonds. The van der Waals surface area contributed by atoms with Crippen LogP contribution in [0.25, 0.3) is 0 Å². The second-order valence-electron chi connectivity index (χ2n) is 3.60. The first-order valence-corrected chi connectivity index (χ1v) is 8.94. The van der Waals surface area contributed by atoms with Crippen molar-refractivity contribution in [2.24, 2.45) is 0 Å². The summed E-state index contributed by atoms with van der Waals surface area (Å²) in [4.78, 5) is 0. The Bertz CT molecular complexity index is 116. The maximum absolute atomic E-state index is 5.71. The van der Waals surface area contributed by atoms with Crippen LogP contribution in [0.2, 0.25) is 19.6 Å². The Labute approximate surface area is 73.9 Å². The van der Waals surface area contributed by atoms with Crippen LogP contribution in [0.5, 0.6) is 0 Å². The van der Waals surface area contributed by atoms with Crippen LogP contribution in [0.3, 0.4) is 0 Å². The van der Waals surface area contributed by atoms with E-state index in [1.165, 1.54) is 6.42 Å². The molecule has 0 saturated heterocycles. The van der Waals surface area contributed by atoms with E-state index in [4.69, 9.17) is 4.12 Å². The maximum Gasteiger partial charge on any atom is 0.178 e. The molecule has 0 aromatic heterocycles. The summed E-state index contributed by atoms with van der Waals surface area (Å²) in [5, 5.41) is 0. The monoisotopic (exact) mass is 187 g/mol. The second kappa shape index (κ2) is 5.74. The molecule has 0 aliphatic heterocycles. The summed E-state index contributed by atoms with van der Waals surface area (Å²) in [5.74, 6) is 0. The molecular weight excluding hydrogens is 168 g/mol. The fourth-order valence-corrected chi connectivity index (χ4v) is 2.95. The van der Waals surface area contributed by atoms with Gasteiger partial charge in [-0.15, -0.1) is 0 Å². The van der Waals surface area contributed by atoms with Gasteiger partial charge in [0.05, 0.1) is 0 Å². The molecular formula is C8H19OSi2. The van der Waals surface area contributed by atoms with Gasteiger partial charge in [-0.1, -0.05) is 19.4 Å². The number of allylic oxidation sites excluding steroid dienone is 1. The summed E-state index contributed by atoms with van der Waals surface area (Å²) < 4.78 is 5.71. The molecule has 0 aliphatic rings. The van der Waals surface area contributed by atoms with Crippen molar-refractivity contribution in [3.05, 3.63) is 11.8 Å². The largest absolute Gasteiger partial charge is 0.457 e. The summed E-state index contributed by atoms with van der Waals surface area (Å²) in [6, 6.07) is 0. The molecule has 0 aromatic rings. The molecule has 0 fully saturated rings. The van der Waals surface area contributed by atoms with E-state index in [1.54, 1.807) is 0 Å². The van der Waals surface area contributed by atoms with Crippen molar-refractivity contribution < 1.29 is 4.12 Å². The van der Waals surface area contributed by atoms with Gasteiger partial charge in [0, 0.05) is 0 Å². The fourth-order valence-electron chi connectivity index (χ4n) is 0.563. The predicted octanol–water partition coefficient (Wildman–Crippen LogP) is 2.04. The third-order valence-electron chi connectivity index (χ3n) is 1.17. The molecule has 1 radical (unpaired) electrons. The zero-order valence-electron chi connectivity index (χ0n) is 8.11. The highest BCUT2D eigenvalue weighted by molar-refractivity contribution is 6.74. The van der Waals surface area contributed by atoms with E-state index in [1.807, 2.05) is 0 Å². The van der Waals surface area contributed by atoms with Crippen LogP contribution in [0, 0.1) is 5.70 Å². The molecule has 0 spiro atoms. The summed E-state index contributed by atoms with van der Waals surface area (Å²) in [7, 11) is -1.70. The van der Waals surface area contributed by atoms with Crippen molar-refractivity contribution in [3.63, 3.8) is 0 Å². The van der Waals surface area contributed by atoms with E-state index >= 15 is 0 Å². The van der Waals surface area contributed by atoms with Crippen molar-refractivity contribution in [2.45, 2.75) is 39.4 Å². The first kappa shape index (κ1) is 11.1. The Morgan fingerprint density at radius 2 is 2.09 bits per heavy atom.